The van der Waals surface area contributed by atoms with E-state index in [2.05, 4.69) is 4.98 Å². The Labute approximate surface area is 118 Å². The summed E-state index contributed by atoms with van der Waals surface area (Å²) in [4.78, 5) is 2.62. The van der Waals surface area contributed by atoms with Crippen molar-refractivity contribution in [3.05, 3.63) is 48.2 Å². The van der Waals surface area contributed by atoms with Crippen LogP contribution in [0.25, 0.3) is 0 Å². The van der Waals surface area contributed by atoms with Crippen LogP contribution in [0.15, 0.2) is 47.5 Å². The fourth-order valence-electron chi connectivity index (χ4n) is 1.59. The summed E-state index contributed by atoms with van der Waals surface area (Å²) in [5.41, 5.74) is -1.30. The van der Waals surface area contributed by atoms with Crippen molar-refractivity contribution in [2.75, 3.05) is 4.72 Å². The molecule has 0 atom stereocenters. The maximum Gasteiger partial charge on any atom is 0.417 e. The lowest BCUT2D eigenvalue weighted by molar-refractivity contribution is -0.139. The van der Waals surface area contributed by atoms with E-state index in [0.29, 0.717) is 6.07 Å². The molecule has 0 spiro atoms. The first-order valence-electron chi connectivity index (χ1n) is 5.55. The third kappa shape index (κ3) is 3.24. The normalized spacial score (nSPS) is 12.1. The van der Waals surface area contributed by atoms with E-state index < -0.39 is 38.2 Å². The molecule has 2 aromatic rings. The van der Waals surface area contributed by atoms with Crippen molar-refractivity contribution in [2.45, 2.75) is 11.1 Å². The van der Waals surface area contributed by atoms with Crippen LogP contribution in [-0.2, 0) is 16.2 Å². The monoisotopic (exact) mass is 318 g/mol. The average Bonchev–Trinajstić information content (AvgIpc) is 2.40. The summed E-state index contributed by atoms with van der Waals surface area (Å²) in [5.74, 6) is -0.944. The molecule has 2 N–H and O–H groups in total. The number of sulfonamides is 1. The van der Waals surface area contributed by atoms with E-state index in [1.54, 1.807) is 0 Å². The summed E-state index contributed by atoms with van der Waals surface area (Å²) in [6, 6.07) is 6.23. The minimum absolute atomic E-state index is 0.450. The third-order valence-electron chi connectivity index (χ3n) is 2.50. The van der Waals surface area contributed by atoms with Crippen molar-refractivity contribution >= 4 is 15.8 Å². The molecule has 1 aromatic heterocycles. The summed E-state index contributed by atoms with van der Waals surface area (Å²) in [7, 11) is -4.54. The van der Waals surface area contributed by atoms with Crippen molar-refractivity contribution in [3.63, 3.8) is 0 Å². The van der Waals surface area contributed by atoms with Gasteiger partial charge in [-0.15, -0.1) is 0 Å². The van der Waals surface area contributed by atoms with Crippen LogP contribution < -0.4 is 4.72 Å². The number of aromatic nitrogens is 1. The molecule has 1 aromatic carbocycles. The fourth-order valence-corrected chi connectivity index (χ4v) is 2.85. The van der Waals surface area contributed by atoms with Gasteiger partial charge in [0, 0.05) is 6.20 Å². The first-order valence-corrected chi connectivity index (χ1v) is 7.03. The van der Waals surface area contributed by atoms with E-state index >= 15 is 0 Å². The molecule has 0 unspecified atom stereocenters. The van der Waals surface area contributed by atoms with Gasteiger partial charge in [0.05, 0.1) is 10.5 Å². The molecule has 0 aliphatic carbocycles. The predicted octanol–water partition coefficient (Wildman–Crippen LogP) is 2.61. The number of nitrogens with one attached hydrogen (secondary N) is 1. The molecule has 0 fully saturated rings. The van der Waals surface area contributed by atoms with Crippen LogP contribution in [0.1, 0.15) is 5.56 Å². The maximum absolute atomic E-state index is 12.8. The van der Waals surface area contributed by atoms with E-state index in [-0.39, 0.29) is 0 Å². The molecule has 0 aliphatic rings. The summed E-state index contributed by atoms with van der Waals surface area (Å²) in [5, 5.41) is 9.44. The molecule has 0 bridgehead atoms. The van der Waals surface area contributed by atoms with Gasteiger partial charge in [-0.3, -0.25) is 4.72 Å². The van der Waals surface area contributed by atoms with E-state index in [1.165, 1.54) is 18.3 Å². The number of alkyl halides is 3. The minimum Gasteiger partial charge on any atom is -0.504 e. The van der Waals surface area contributed by atoms with E-state index in [4.69, 9.17) is 0 Å². The number of aromatic hydroxyl groups is 1. The summed E-state index contributed by atoms with van der Waals surface area (Å²) < 4.78 is 64.5. The molecule has 9 heteroatoms. The minimum atomic E-state index is -4.82. The van der Waals surface area contributed by atoms with Gasteiger partial charge < -0.3 is 5.11 Å². The lowest BCUT2D eigenvalue weighted by Gasteiger charge is -2.14. The van der Waals surface area contributed by atoms with Crippen LogP contribution in [0.2, 0.25) is 0 Å². The zero-order chi connectivity index (χ0) is 15.7. The highest BCUT2D eigenvalue weighted by Crippen LogP contribution is 2.35. The van der Waals surface area contributed by atoms with Crippen LogP contribution in [0, 0.1) is 0 Å². The second-order valence-corrected chi connectivity index (χ2v) is 5.62. The molecular weight excluding hydrogens is 309 g/mol. The molecule has 0 saturated carbocycles. The smallest absolute Gasteiger partial charge is 0.417 e. The van der Waals surface area contributed by atoms with Crippen LogP contribution in [0.5, 0.6) is 5.75 Å². The first kappa shape index (κ1) is 15.1. The maximum atomic E-state index is 12.8. The van der Waals surface area contributed by atoms with E-state index in [1.807, 2.05) is 4.72 Å². The molecule has 112 valence electrons. The van der Waals surface area contributed by atoms with Crippen LogP contribution in [-0.4, -0.2) is 18.5 Å². The Morgan fingerprint density at radius 2 is 1.76 bits per heavy atom. The number of benzene rings is 1. The number of anilines is 1. The summed E-state index contributed by atoms with van der Waals surface area (Å²) in [6.45, 7) is 0. The van der Waals surface area contributed by atoms with Crippen LogP contribution in [0.3, 0.4) is 0 Å². The Morgan fingerprint density at radius 3 is 2.38 bits per heavy atom. The quantitative estimate of drug-likeness (QED) is 0.912. The van der Waals surface area contributed by atoms with Gasteiger partial charge in [0.1, 0.15) is 0 Å². The molecule has 0 aliphatic heterocycles. The predicted molar refractivity (Wildman–Crippen MR) is 68.2 cm³/mol. The Kier molecular flexibility index (Phi) is 3.77. The Bertz CT molecular complexity index is 760. The Hall–Kier alpha value is -2.29. The molecule has 2 rings (SSSR count). The number of halogens is 3. The molecule has 0 amide bonds. The highest BCUT2D eigenvalue weighted by atomic mass is 32.2. The molecule has 1 heterocycles. The number of nitrogens with zero attached hydrogens (tertiary/aromatic N) is 1. The van der Waals surface area contributed by atoms with Gasteiger partial charge >= 0.3 is 6.18 Å². The van der Waals surface area contributed by atoms with Gasteiger partial charge in [0.25, 0.3) is 10.0 Å². The van der Waals surface area contributed by atoms with Crippen molar-refractivity contribution in [2.24, 2.45) is 0 Å². The van der Waals surface area contributed by atoms with Crippen molar-refractivity contribution in [1.82, 2.24) is 4.98 Å². The Balaban J connectivity index is 2.49. The fraction of sp³-hybridized carbons (Fsp3) is 0.0833. The van der Waals surface area contributed by atoms with E-state index in [9.17, 15) is 26.7 Å². The second kappa shape index (κ2) is 5.24. The summed E-state index contributed by atoms with van der Waals surface area (Å²) >= 11 is 0. The molecule has 0 radical (unpaired) electrons. The number of hydrogen-bond acceptors (Lipinski definition) is 4. The van der Waals surface area contributed by atoms with Crippen molar-refractivity contribution < 1.29 is 26.7 Å². The second-order valence-electron chi connectivity index (χ2n) is 3.97. The van der Waals surface area contributed by atoms with Gasteiger partial charge in [-0.2, -0.15) is 13.2 Å². The van der Waals surface area contributed by atoms with Gasteiger partial charge in [-0.05, 0) is 24.3 Å². The first-order chi connectivity index (χ1) is 9.72. The number of hydrogen-bond donors (Lipinski definition) is 2. The topological polar surface area (TPSA) is 79.3 Å². The van der Waals surface area contributed by atoms with Crippen molar-refractivity contribution in [1.29, 1.82) is 0 Å². The molecule has 5 nitrogen and oxygen atoms in total. The largest absolute Gasteiger partial charge is 0.504 e. The zero-order valence-electron chi connectivity index (χ0n) is 10.3. The lowest BCUT2D eigenvalue weighted by atomic mass is 10.2. The van der Waals surface area contributed by atoms with E-state index in [0.717, 1.165) is 18.2 Å². The van der Waals surface area contributed by atoms with Crippen LogP contribution in [0.4, 0.5) is 19.0 Å². The van der Waals surface area contributed by atoms with Gasteiger partial charge in [0.2, 0.25) is 0 Å². The lowest BCUT2D eigenvalue weighted by Crippen LogP contribution is -2.19. The van der Waals surface area contributed by atoms with Crippen molar-refractivity contribution in [3.8, 4) is 5.75 Å². The average molecular weight is 318 g/mol. The highest BCUT2D eigenvalue weighted by Gasteiger charge is 2.37. The molecular formula is C12H9F3N2O3S. The molecule has 0 saturated heterocycles. The SMILES string of the molecule is O=S(=O)(Nc1ncccc1O)c1ccccc1C(F)(F)F. The molecule has 21 heavy (non-hydrogen) atoms. The van der Waals surface area contributed by atoms with Gasteiger partial charge in [0.15, 0.2) is 11.6 Å². The zero-order valence-corrected chi connectivity index (χ0v) is 11.1. The number of rotatable bonds is 3. The number of pyridine rings is 1. The highest BCUT2D eigenvalue weighted by molar-refractivity contribution is 7.92. The van der Waals surface area contributed by atoms with Crippen LogP contribution >= 0.6 is 0 Å². The Morgan fingerprint density at radius 1 is 1.10 bits per heavy atom. The van der Waals surface area contributed by atoms with Gasteiger partial charge in [-0.1, -0.05) is 12.1 Å². The summed E-state index contributed by atoms with van der Waals surface area (Å²) in [6.07, 6.45) is -3.63. The van der Waals surface area contributed by atoms with Gasteiger partial charge in [-0.25, -0.2) is 13.4 Å². The standard InChI is InChI=1S/C12H9F3N2O3S/c13-12(14,15)8-4-1-2-6-10(8)21(19,20)17-11-9(18)5-3-7-16-11/h1-7,18H,(H,16,17). The third-order valence-corrected chi connectivity index (χ3v) is 3.90.